The molecule has 0 spiro atoms. The molecule has 0 fully saturated rings. The number of ether oxygens (including phenoxy) is 1. The lowest BCUT2D eigenvalue weighted by Gasteiger charge is -2.07. The number of tetrazole rings is 1. The van der Waals surface area contributed by atoms with Crippen molar-refractivity contribution in [1.29, 1.82) is 0 Å². The number of H-pyrrole nitrogens is 1. The summed E-state index contributed by atoms with van der Waals surface area (Å²) < 4.78 is 5.46. The van der Waals surface area contributed by atoms with Gasteiger partial charge < -0.3 is 9.57 Å². The van der Waals surface area contributed by atoms with E-state index in [4.69, 9.17) is 21.2 Å². The third-order valence-corrected chi connectivity index (χ3v) is 3.79. The molecule has 26 heavy (non-hydrogen) atoms. The first-order valence-corrected chi connectivity index (χ1v) is 8.24. The van der Waals surface area contributed by atoms with Crippen LogP contribution in [-0.4, -0.2) is 31.3 Å². The zero-order chi connectivity index (χ0) is 18.4. The molecule has 0 aliphatic carbocycles. The summed E-state index contributed by atoms with van der Waals surface area (Å²) in [6.45, 7) is 4.37. The van der Waals surface area contributed by atoms with Gasteiger partial charge >= 0.3 is 0 Å². The Hall–Kier alpha value is -3.00. The van der Waals surface area contributed by atoms with Crippen LogP contribution >= 0.6 is 11.6 Å². The average molecular weight is 373 g/mol. The topological polar surface area (TPSA) is 98.2 Å². The Morgan fingerprint density at radius 1 is 1.15 bits per heavy atom. The largest absolute Gasteiger partial charge is 0.469 e. The molecule has 0 aliphatic rings. The van der Waals surface area contributed by atoms with Crippen LogP contribution in [0.5, 0.6) is 5.88 Å². The van der Waals surface area contributed by atoms with Gasteiger partial charge in [0.25, 0.3) is 0 Å². The number of hydrogen-bond donors (Lipinski definition) is 1. The average Bonchev–Trinajstić information content (AvgIpc) is 3.15. The number of aryl methyl sites for hydroxylation is 1. The number of benzene rings is 1. The summed E-state index contributed by atoms with van der Waals surface area (Å²) >= 11 is 6.22. The summed E-state index contributed by atoms with van der Waals surface area (Å²) in [7, 11) is 0. The van der Waals surface area contributed by atoms with Gasteiger partial charge in [0.05, 0.1) is 5.71 Å². The maximum Gasteiger partial charge on any atom is 0.215 e. The fourth-order valence-electron chi connectivity index (χ4n) is 2.09. The molecule has 8 nitrogen and oxygen atoms in total. The minimum Gasteiger partial charge on any atom is -0.469 e. The Kier molecular flexibility index (Phi) is 5.75. The molecule has 9 heteroatoms. The van der Waals surface area contributed by atoms with Crippen LogP contribution in [0.1, 0.15) is 29.4 Å². The normalized spacial score (nSPS) is 11.4. The van der Waals surface area contributed by atoms with Gasteiger partial charge in [0.15, 0.2) is 6.61 Å². The van der Waals surface area contributed by atoms with Gasteiger partial charge in [-0.05, 0) is 25.5 Å². The van der Waals surface area contributed by atoms with E-state index in [2.05, 4.69) is 30.8 Å². The molecule has 3 rings (SSSR count). The quantitative estimate of drug-likeness (QED) is 0.389. The second kappa shape index (κ2) is 8.39. The first kappa shape index (κ1) is 17.8. The molecular weight excluding hydrogens is 356 g/mol. The minimum absolute atomic E-state index is 0.145. The number of hydrogen-bond acceptors (Lipinski definition) is 7. The van der Waals surface area contributed by atoms with E-state index in [0.29, 0.717) is 29.6 Å². The van der Waals surface area contributed by atoms with Crippen LogP contribution in [0.15, 0.2) is 41.6 Å². The Labute approximate surface area is 155 Å². The number of nitrogens with zero attached hydrogens (tertiary/aromatic N) is 5. The van der Waals surface area contributed by atoms with Gasteiger partial charge in [0.2, 0.25) is 11.7 Å². The molecular formula is C17H17ClN6O2. The van der Waals surface area contributed by atoms with Crippen molar-refractivity contribution in [3.05, 3.63) is 64.1 Å². The number of halogens is 1. The van der Waals surface area contributed by atoms with E-state index in [1.165, 1.54) is 5.56 Å². The summed E-state index contributed by atoms with van der Waals surface area (Å²) in [5.74, 6) is 0.783. The van der Waals surface area contributed by atoms with Gasteiger partial charge in [-0.15, -0.1) is 10.2 Å². The van der Waals surface area contributed by atoms with Crippen LogP contribution in [0.25, 0.3) is 0 Å². The van der Waals surface area contributed by atoms with Gasteiger partial charge in [0, 0.05) is 11.6 Å². The number of pyridine rings is 1. The highest BCUT2D eigenvalue weighted by Crippen LogP contribution is 2.19. The van der Waals surface area contributed by atoms with Crippen LogP contribution in [0.3, 0.4) is 0 Å². The molecule has 134 valence electrons. The number of nitrogens with one attached hydrogen (secondary N) is 1. The van der Waals surface area contributed by atoms with Gasteiger partial charge in [-0.1, -0.05) is 51.8 Å². The SMILES string of the molecule is C/C(=N\OCc1ccc(C)cc1)c1ccc(OCc2nn[nH]n2)nc1Cl. The van der Waals surface area contributed by atoms with E-state index in [1.54, 1.807) is 19.1 Å². The van der Waals surface area contributed by atoms with Gasteiger partial charge in [-0.2, -0.15) is 5.21 Å². The molecule has 2 heterocycles. The number of aromatic nitrogens is 5. The highest BCUT2D eigenvalue weighted by molar-refractivity contribution is 6.33. The van der Waals surface area contributed by atoms with E-state index in [1.807, 2.05) is 31.2 Å². The van der Waals surface area contributed by atoms with Gasteiger partial charge in [-0.3, -0.25) is 0 Å². The minimum atomic E-state index is 0.145. The zero-order valence-electron chi connectivity index (χ0n) is 14.3. The van der Waals surface area contributed by atoms with Crippen molar-refractivity contribution in [2.45, 2.75) is 27.1 Å². The van der Waals surface area contributed by atoms with Crippen molar-refractivity contribution in [2.75, 3.05) is 0 Å². The summed E-state index contributed by atoms with van der Waals surface area (Å²) in [5.41, 5.74) is 3.54. The lowest BCUT2D eigenvalue weighted by atomic mass is 10.2. The Bertz CT molecular complexity index is 881. The fraction of sp³-hybridized carbons (Fsp3) is 0.235. The fourth-order valence-corrected chi connectivity index (χ4v) is 2.37. The van der Waals surface area contributed by atoms with Crippen molar-refractivity contribution < 1.29 is 9.57 Å². The Morgan fingerprint density at radius 3 is 2.65 bits per heavy atom. The predicted octanol–water partition coefficient (Wildman–Crippen LogP) is 3.08. The second-order valence-corrected chi connectivity index (χ2v) is 5.90. The number of oxime groups is 1. The molecule has 0 bridgehead atoms. The van der Waals surface area contributed by atoms with E-state index in [-0.39, 0.29) is 11.8 Å². The third-order valence-electron chi connectivity index (χ3n) is 3.50. The Balaban J connectivity index is 1.59. The van der Waals surface area contributed by atoms with Crippen molar-refractivity contribution in [3.8, 4) is 5.88 Å². The molecule has 1 aromatic carbocycles. The number of aromatic amines is 1. The van der Waals surface area contributed by atoms with Crippen molar-refractivity contribution in [2.24, 2.45) is 5.16 Å². The third kappa shape index (κ3) is 4.76. The van der Waals surface area contributed by atoms with Crippen LogP contribution in [0.4, 0.5) is 0 Å². The number of rotatable bonds is 7. The highest BCUT2D eigenvalue weighted by Gasteiger charge is 2.09. The molecule has 0 atom stereocenters. The lowest BCUT2D eigenvalue weighted by Crippen LogP contribution is -2.03. The first-order valence-electron chi connectivity index (χ1n) is 7.86. The standard InChI is InChI=1S/C17H17ClN6O2/c1-11-3-5-13(6-4-11)9-26-22-12(2)14-7-8-16(19-17(14)18)25-10-15-20-23-24-21-15/h3-8H,9-10H2,1-2H3,(H,20,21,23,24)/b22-12+. The van der Waals surface area contributed by atoms with Crippen LogP contribution in [-0.2, 0) is 18.1 Å². The first-order chi connectivity index (χ1) is 12.6. The van der Waals surface area contributed by atoms with E-state index in [0.717, 1.165) is 5.56 Å². The Morgan fingerprint density at radius 2 is 1.96 bits per heavy atom. The molecule has 0 amide bonds. The van der Waals surface area contributed by atoms with Crippen LogP contribution in [0.2, 0.25) is 5.15 Å². The van der Waals surface area contributed by atoms with Crippen LogP contribution < -0.4 is 4.74 Å². The molecule has 1 N–H and O–H groups in total. The highest BCUT2D eigenvalue weighted by atomic mass is 35.5. The molecule has 0 saturated carbocycles. The van der Waals surface area contributed by atoms with E-state index >= 15 is 0 Å². The van der Waals surface area contributed by atoms with Crippen molar-refractivity contribution >= 4 is 17.3 Å². The molecule has 3 aromatic rings. The summed E-state index contributed by atoms with van der Waals surface area (Å²) in [4.78, 5) is 9.59. The molecule has 0 saturated heterocycles. The van der Waals surface area contributed by atoms with Crippen molar-refractivity contribution in [3.63, 3.8) is 0 Å². The smallest absolute Gasteiger partial charge is 0.215 e. The molecule has 0 radical (unpaired) electrons. The molecule has 0 unspecified atom stereocenters. The molecule has 2 aromatic heterocycles. The van der Waals surface area contributed by atoms with Crippen molar-refractivity contribution in [1.82, 2.24) is 25.6 Å². The summed E-state index contributed by atoms with van der Waals surface area (Å²) in [5, 5.41) is 17.8. The van der Waals surface area contributed by atoms with Gasteiger partial charge in [-0.25, -0.2) is 4.98 Å². The second-order valence-electron chi connectivity index (χ2n) is 5.54. The summed E-state index contributed by atoms with van der Waals surface area (Å²) in [6, 6.07) is 11.5. The van der Waals surface area contributed by atoms with Gasteiger partial charge in [0.1, 0.15) is 11.8 Å². The maximum atomic E-state index is 6.22. The van der Waals surface area contributed by atoms with E-state index in [9.17, 15) is 0 Å². The maximum absolute atomic E-state index is 6.22. The summed E-state index contributed by atoms with van der Waals surface area (Å²) in [6.07, 6.45) is 0. The molecule has 0 aliphatic heterocycles. The monoisotopic (exact) mass is 372 g/mol. The predicted molar refractivity (Wildman–Crippen MR) is 95.9 cm³/mol. The lowest BCUT2D eigenvalue weighted by molar-refractivity contribution is 0.130. The van der Waals surface area contributed by atoms with E-state index < -0.39 is 0 Å². The van der Waals surface area contributed by atoms with Crippen LogP contribution in [0, 0.1) is 6.92 Å². The zero-order valence-corrected chi connectivity index (χ0v) is 15.1.